The van der Waals surface area contributed by atoms with E-state index in [0.717, 1.165) is 14.5 Å². The molecule has 1 aliphatic rings. The van der Waals surface area contributed by atoms with Crippen molar-refractivity contribution in [1.29, 1.82) is 5.26 Å². The molecule has 2 aromatic rings. The second-order valence-corrected chi connectivity index (χ2v) is 6.14. The highest BCUT2D eigenvalue weighted by Gasteiger charge is 2.22. The first-order chi connectivity index (χ1) is 8.83. The lowest BCUT2D eigenvalue weighted by Gasteiger charge is -1.95. The number of nitrogens with one attached hydrogen (secondary N) is 1. The second kappa shape index (κ2) is 4.92. The van der Waals surface area contributed by atoms with Gasteiger partial charge in [-0.15, -0.1) is 10.2 Å². The average Bonchev–Trinajstić information content (AvgIpc) is 3.10. The van der Waals surface area contributed by atoms with Crippen LogP contribution in [0.2, 0.25) is 0 Å². The lowest BCUT2D eigenvalue weighted by atomic mass is 10.3. The molecule has 0 atom stereocenters. The van der Waals surface area contributed by atoms with Gasteiger partial charge in [0.1, 0.15) is 11.1 Å². The molecular weight excluding hydrogens is 266 g/mol. The third-order valence-corrected chi connectivity index (χ3v) is 4.22. The van der Waals surface area contributed by atoms with Crippen molar-refractivity contribution in [2.24, 2.45) is 0 Å². The topological polar surface area (TPSA) is 74.5 Å². The molecule has 2 aromatic heterocycles. The van der Waals surface area contributed by atoms with Crippen LogP contribution in [0.5, 0.6) is 0 Å². The van der Waals surface area contributed by atoms with E-state index in [-0.39, 0.29) is 0 Å². The Morgan fingerprint density at radius 1 is 1.39 bits per heavy atom. The van der Waals surface area contributed by atoms with Crippen molar-refractivity contribution >= 4 is 28.2 Å². The smallest absolute Gasteiger partial charge is 0.206 e. The molecule has 1 N–H and O–H groups in total. The van der Waals surface area contributed by atoms with Crippen molar-refractivity contribution < 1.29 is 0 Å². The molecule has 0 bridgehead atoms. The van der Waals surface area contributed by atoms with Gasteiger partial charge in [0.15, 0.2) is 4.34 Å². The molecule has 1 fully saturated rings. The highest BCUT2D eigenvalue weighted by atomic mass is 32.2. The highest BCUT2D eigenvalue weighted by Crippen LogP contribution is 2.33. The maximum absolute atomic E-state index is 8.69. The summed E-state index contributed by atoms with van der Waals surface area (Å²) in [6, 6.07) is 6.20. The molecule has 5 nitrogen and oxygen atoms in total. The van der Waals surface area contributed by atoms with Gasteiger partial charge in [0, 0.05) is 12.2 Å². The molecule has 1 saturated carbocycles. The largest absolute Gasteiger partial charge is 0.357 e. The van der Waals surface area contributed by atoms with Gasteiger partial charge < -0.3 is 5.32 Å². The summed E-state index contributed by atoms with van der Waals surface area (Å²) in [5, 5.41) is 21.9. The van der Waals surface area contributed by atoms with E-state index < -0.39 is 0 Å². The van der Waals surface area contributed by atoms with Crippen molar-refractivity contribution in [2.75, 3.05) is 5.32 Å². The van der Waals surface area contributed by atoms with Gasteiger partial charge in [-0.05, 0) is 36.7 Å². The first-order valence-corrected chi connectivity index (χ1v) is 7.11. The predicted octanol–water partition coefficient (Wildman–Crippen LogP) is 2.53. The molecule has 0 saturated heterocycles. The number of nitriles is 1. The van der Waals surface area contributed by atoms with E-state index in [4.69, 9.17) is 5.26 Å². The van der Waals surface area contributed by atoms with E-state index in [0.29, 0.717) is 11.6 Å². The number of anilines is 1. The number of hydrogen-bond donors (Lipinski definition) is 1. The van der Waals surface area contributed by atoms with Crippen molar-refractivity contribution in [3.8, 4) is 6.07 Å². The van der Waals surface area contributed by atoms with Crippen molar-refractivity contribution in [2.45, 2.75) is 28.2 Å². The van der Waals surface area contributed by atoms with E-state index in [1.165, 1.54) is 35.9 Å². The Hall–Kier alpha value is -1.65. The number of pyridine rings is 1. The van der Waals surface area contributed by atoms with Crippen LogP contribution in [0.4, 0.5) is 5.13 Å². The molecule has 0 radical (unpaired) electrons. The zero-order valence-electron chi connectivity index (χ0n) is 9.33. The predicted molar refractivity (Wildman–Crippen MR) is 69.6 cm³/mol. The van der Waals surface area contributed by atoms with Gasteiger partial charge in [0.05, 0.1) is 5.56 Å². The molecule has 0 amide bonds. The second-order valence-electron chi connectivity index (χ2n) is 3.89. The Kier molecular flexibility index (Phi) is 3.13. The first kappa shape index (κ1) is 11.4. The third kappa shape index (κ3) is 2.78. The third-order valence-electron chi connectivity index (χ3n) is 2.37. The van der Waals surface area contributed by atoms with E-state index in [9.17, 15) is 0 Å². The summed E-state index contributed by atoms with van der Waals surface area (Å²) in [6.45, 7) is 0. The molecule has 2 heterocycles. The van der Waals surface area contributed by atoms with E-state index in [1.54, 1.807) is 12.3 Å². The summed E-state index contributed by atoms with van der Waals surface area (Å²) >= 11 is 2.99. The number of aromatic nitrogens is 3. The summed E-state index contributed by atoms with van der Waals surface area (Å²) in [5.41, 5.74) is 0.563. The minimum atomic E-state index is 0.563. The van der Waals surface area contributed by atoms with Crippen LogP contribution in [0, 0.1) is 11.3 Å². The maximum Gasteiger partial charge on any atom is 0.206 e. The molecular formula is C11H9N5S2. The van der Waals surface area contributed by atoms with Crippen LogP contribution >= 0.6 is 23.1 Å². The summed E-state index contributed by atoms with van der Waals surface area (Å²) in [7, 11) is 0. The van der Waals surface area contributed by atoms with Crippen molar-refractivity contribution in [3.63, 3.8) is 0 Å². The van der Waals surface area contributed by atoms with Crippen LogP contribution in [0.25, 0.3) is 0 Å². The summed E-state index contributed by atoms with van der Waals surface area (Å²) in [4.78, 5) is 4.19. The van der Waals surface area contributed by atoms with Crippen molar-refractivity contribution in [3.05, 3.63) is 23.9 Å². The fourth-order valence-electron chi connectivity index (χ4n) is 1.31. The Labute approximate surface area is 112 Å². The highest BCUT2D eigenvalue weighted by molar-refractivity contribution is 8.01. The van der Waals surface area contributed by atoms with Crippen LogP contribution in [0.15, 0.2) is 27.7 Å². The summed E-state index contributed by atoms with van der Waals surface area (Å²) in [5.74, 6) is 0. The molecule has 7 heteroatoms. The summed E-state index contributed by atoms with van der Waals surface area (Å²) in [6.07, 6.45) is 4.01. The minimum Gasteiger partial charge on any atom is -0.357 e. The van der Waals surface area contributed by atoms with E-state index >= 15 is 0 Å². The molecule has 90 valence electrons. The first-order valence-electron chi connectivity index (χ1n) is 5.47. The fourth-order valence-corrected chi connectivity index (χ4v) is 3.02. The van der Waals surface area contributed by atoms with Crippen LogP contribution in [-0.4, -0.2) is 21.2 Å². The zero-order chi connectivity index (χ0) is 12.4. The SMILES string of the molecule is N#Cc1ccc(Sc2nnc(NC3CC3)s2)nc1. The number of hydrogen-bond acceptors (Lipinski definition) is 7. The normalized spacial score (nSPS) is 14.2. The van der Waals surface area contributed by atoms with E-state index in [1.807, 2.05) is 12.1 Å². The van der Waals surface area contributed by atoms with Crippen LogP contribution < -0.4 is 5.32 Å². The van der Waals surface area contributed by atoms with Crippen LogP contribution in [0.3, 0.4) is 0 Å². The fraction of sp³-hybridized carbons (Fsp3) is 0.273. The Morgan fingerprint density at radius 3 is 2.94 bits per heavy atom. The zero-order valence-corrected chi connectivity index (χ0v) is 11.0. The van der Waals surface area contributed by atoms with Crippen LogP contribution in [-0.2, 0) is 0 Å². The lowest BCUT2D eigenvalue weighted by Crippen LogP contribution is -1.99. The Balaban J connectivity index is 1.67. The van der Waals surface area contributed by atoms with Gasteiger partial charge in [0.25, 0.3) is 0 Å². The average molecular weight is 275 g/mol. The Bertz CT molecular complexity index is 582. The summed E-state index contributed by atoms with van der Waals surface area (Å²) < 4.78 is 0.857. The standard InChI is InChI=1S/C11H9N5S2/c12-5-7-1-4-9(13-6-7)17-11-16-15-10(18-11)14-8-2-3-8/h1,4,6,8H,2-3H2,(H,14,15). The molecule has 0 unspecified atom stereocenters. The van der Waals surface area contributed by atoms with Gasteiger partial charge in [-0.1, -0.05) is 11.3 Å². The number of nitrogens with zero attached hydrogens (tertiary/aromatic N) is 4. The minimum absolute atomic E-state index is 0.563. The quantitative estimate of drug-likeness (QED) is 0.924. The molecule has 0 aromatic carbocycles. The van der Waals surface area contributed by atoms with Gasteiger partial charge >= 0.3 is 0 Å². The molecule has 3 rings (SSSR count). The lowest BCUT2D eigenvalue weighted by molar-refractivity contribution is 0.991. The van der Waals surface area contributed by atoms with Gasteiger partial charge in [-0.3, -0.25) is 0 Å². The molecule has 0 aliphatic heterocycles. The molecule has 0 spiro atoms. The molecule has 1 aliphatic carbocycles. The maximum atomic E-state index is 8.69. The van der Waals surface area contributed by atoms with Crippen molar-refractivity contribution in [1.82, 2.24) is 15.2 Å². The van der Waals surface area contributed by atoms with Gasteiger partial charge in [-0.25, -0.2) is 4.98 Å². The molecule has 18 heavy (non-hydrogen) atoms. The van der Waals surface area contributed by atoms with Crippen LogP contribution in [0.1, 0.15) is 18.4 Å². The monoisotopic (exact) mass is 275 g/mol. The number of rotatable bonds is 4. The van der Waals surface area contributed by atoms with E-state index in [2.05, 4.69) is 20.5 Å². The van der Waals surface area contributed by atoms with Gasteiger partial charge in [0.2, 0.25) is 5.13 Å². The van der Waals surface area contributed by atoms with Gasteiger partial charge in [-0.2, -0.15) is 5.26 Å². The Morgan fingerprint density at radius 2 is 2.28 bits per heavy atom.